The Morgan fingerprint density at radius 3 is 2.71 bits per heavy atom. The monoisotopic (exact) mass is 496 g/mol. The molecule has 4 fully saturated rings. The van der Waals surface area contributed by atoms with Crippen LogP contribution in [0.5, 0.6) is 0 Å². The molecule has 4 aliphatic carbocycles. The Morgan fingerprint density at radius 1 is 1.09 bits per heavy atom. The first-order valence-corrected chi connectivity index (χ1v) is 14.3. The Hall–Kier alpha value is -1.39. The summed E-state index contributed by atoms with van der Waals surface area (Å²) in [6.45, 7) is 6.41. The first-order chi connectivity index (χ1) is 16.8. The van der Waals surface area contributed by atoms with Gasteiger partial charge in [0.05, 0.1) is 12.1 Å². The van der Waals surface area contributed by atoms with Crippen LogP contribution < -0.4 is 0 Å². The minimum atomic E-state index is 0.157. The van der Waals surface area contributed by atoms with Crippen molar-refractivity contribution in [1.29, 1.82) is 0 Å². The standard InChI is InChI=1S/C30H41ClN2O2/c1-29-12-10-19(18-35-3)14-21(29)4-6-23-24-7-8-26(30(24,2)13-11-25(23)29)28(34)17-33-16-20-15-22(31)5-9-27(20)32-33/h5,9,15-16,19,21,23-26H,4,6-8,10-14,17-18H2,1-3H3. The van der Waals surface area contributed by atoms with Crippen LogP contribution in [0.15, 0.2) is 24.4 Å². The molecule has 8 atom stereocenters. The lowest BCUT2D eigenvalue weighted by Gasteiger charge is -2.61. The molecule has 35 heavy (non-hydrogen) atoms. The molecule has 190 valence electrons. The Bertz CT molecular complexity index is 1110. The second kappa shape index (κ2) is 8.87. The van der Waals surface area contributed by atoms with E-state index in [1.54, 1.807) is 0 Å². The zero-order valence-corrected chi connectivity index (χ0v) is 22.4. The van der Waals surface area contributed by atoms with E-state index in [1.807, 2.05) is 36.2 Å². The van der Waals surface area contributed by atoms with Crippen LogP contribution >= 0.6 is 11.6 Å². The molecule has 4 aliphatic rings. The second-order valence-electron chi connectivity index (χ2n) is 12.9. The maximum atomic E-state index is 13.7. The van der Waals surface area contributed by atoms with Crippen LogP contribution in [0.3, 0.4) is 0 Å². The van der Waals surface area contributed by atoms with Gasteiger partial charge >= 0.3 is 0 Å². The van der Waals surface area contributed by atoms with Gasteiger partial charge in [-0.1, -0.05) is 25.4 Å². The lowest BCUT2D eigenvalue weighted by molar-refractivity contribution is -0.138. The molecule has 0 saturated heterocycles. The van der Waals surface area contributed by atoms with Gasteiger partial charge in [0.15, 0.2) is 5.78 Å². The van der Waals surface area contributed by atoms with E-state index in [-0.39, 0.29) is 11.3 Å². The van der Waals surface area contributed by atoms with Crippen molar-refractivity contribution in [2.75, 3.05) is 13.7 Å². The number of methoxy groups -OCH3 is 1. The fourth-order valence-corrected chi connectivity index (χ4v) is 9.84. The van der Waals surface area contributed by atoms with Crippen molar-refractivity contribution >= 4 is 28.3 Å². The second-order valence-corrected chi connectivity index (χ2v) is 13.4. The number of nitrogens with zero attached hydrogens (tertiary/aromatic N) is 2. The molecule has 5 heteroatoms. The average molecular weight is 497 g/mol. The molecule has 1 aromatic heterocycles. The molecule has 8 unspecified atom stereocenters. The topological polar surface area (TPSA) is 44.1 Å². The third-order valence-corrected chi connectivity index (χ3v) is 11.6. The largest absolute Gasteiger partial charge is 0.384 e. The lowest BCUT2D eigenvalue weighted by Crippen LogP contribution is -2.54. The normalized spacial score (nSPS) is 40.8. The van der Waals surface area contributed by atoms with Crippen molar-refractivity contribution in [1.82, 2.24) is 9.78 Å². The highest BCUT2D eigenvalue weighted by Crippen LogP contribution is 2.67. The van der Waals surface area contributed by atoms with Crippen molar-refractivity contribution in [2.24, 2.45) is 46.3 Å². The van der Waals surface area contributed by atoms with E-state index in [0.717, 1.165) is 47.6 Å². The van der Waals surface area contributed by atoms with Gasteiger partial charge in [-0.2, -0.15) is 5.10 Å². The summed E-state index contributed by atoms with van der Waals surface area (Å²) in [5.74, 6) is 4.54. The van der Waals surface area contributed by atoms with Gasteiger partial charge in [-0.15, -0.1) is 0 Å². The van der Waals surface area contributed by atoms with Gasteiger partial charge in [0.25, 0.3) is 0 Å². The minimum absolute atomic E-state index is 0.157. The van der Waals surface area contributed by atoms with E-state index in [4.69, 9.17) is 16.3 Å². The summed E-state index contributed by atoms with van der Waals surface area (Å²) in [6, 6.07) is 5.73. The fourth-order valence-electron chi connectivity index (χ4n) is 9.66. The molecule has 0 bridgehead atoms. The van der Waals surface area contributed by atoms with E-state index >= 15 is 0 Å². The van der Waals surface area contributed by atoms with Crippen LogP contribution in [0.25, 0.3) is 10.9 Å². The molecule has 4 nitrogen and oxygen atoms in total. The highest BCUT2D eigenvalue weighted by molar-refractivity contribution is 6.31. The Kier molecular flexibility index (Phi) is 6.08. The van der Waals surface area contributed by atoms with Gasteiger partial charge in [0, 0.05) is 36.2 Å². The Labute approximate surface area is 215 Å². The van der Waals surface area contributed by atoms with Crippen LogP contribution in [0.4, 0.5) is 0 Å². The summed E-state index contributed by atoms with van der Waals surface area (Å²) in [5, 5.41) is 6.38. The number of carbonyl (C=O) groups excluding carboxylic acids is 1. The van der Waals surface area contributed by atoms with Gasteiger partial charge in [-0.3, -0.25) is 9.48 Å². The summed E-state index contributed by atoms with van der Waals surface area (Å²) >= 11 is 6.15. The van der Waals surface area contributed by atoms with Crippen molar-refractivity contribution in [3.63, 3.8) is 0 Å². The van der Waals surface area contributed by atoms with Gasteiger partial charge in [-0.05, 0) is 116 Å². The van der Waals surface area contributed by atoms with Crippen LogP contribution in [-0.2, 0) is 16.1 Å². The van der Waals surface area contributed by atoms with Crippen molar-refractivity contribution < 1.29 is 9.53 Å². The number of Topliss-reactive ketones (excluding diaryl/α,β-unsaturated/α-hetero) is 1. The van der Waals surface area contributed by atoms with E-state index in [2.05, 4.69) is 18.9 Å². The summed E-state index contributed by atoms with van der Waals surface area (Å²) in [4.78, 5) is 13.7. The average Bonchev–Trinajstić information content (AvgIpc) is 3.38. The number of benzene rings is 1. The third kappa shape index (κ3) is 3.89. The molecule has 1 heterocycles. The molecule has 0 radical (unpaired) electrons. The van der Waals surface area contributed by atoms with Crippen LogP contribution in [0.2, 0.25) is 5.02 Å². The molecule has 0 spiro atoms. The molecule has 0 amide bonds. The number of rotatable bonds is 5. The van der Waals surface area contributed by atoms with Crippen LogP contribution in [0, 0.1) is 46.3 Å². The number of aromatic nitrogens is 2. The number of fused-ring (bicyclic) bond motifs is 6. The Morgan fingerprint density at radius 2 is 1.89 bits per heavy atom. The number of hydrogen-bond donors (Lipinski definition) is 0. The lowest BCUT2D eigenvalue weighted by atomic mass is 9.44. The number of hydrogen-bond acceptors (Lipinski definition) is 3. The number of ether oxygens (including phenoxy) is 1. The predicted molar refractivity (Wildman–Crippen MR) is 140 cm³/mol. The summed E-state index contributed by atoms with van der Waals surface area (Å²) in [7, 11) is 1.86. The third-order valence-electron chi connectivity index (χ3n) is 11.4. The molecule has 6 rings (SSSR count). The van der Waals surface area contributed by atoms with Gasteiger partial charge < -0.3 is 4.74 Å². The molecule has 2 aromatic rings. The molecule has 4 saturated carbocycles. The first kappa shape index (κ1) is 24.0. The van der Waals surface area contributed by atoms with Crippen molar-refractivity contribution in [3.8, 4) is 0 Å². The number of carbonyl (C=O) groups is 1. The maximum absolute atomic E-state index is 13.7. The van der Waals surface area contributed by atoms with Crippen LogP contribution in [0.1, 0.15) is 71.6 Å². The maximum Gasteiger partial charge on any atom is 0.157 e. The van der Waals surface area contributed by atoms with E-state index < -0.39 is 0 Å². The first-order valence-electron chi connectivity index (χ1n) is 14.0. The molecule has 0 aliphatic heterocycles. The molecular formula is C30H41ClN2O2. The zero-order chi connectivity index (χ0) is 24.4. The van der Waals surface area contributed by atoms with Crippen molar-refractivity contribution in [2.45, 2.75) is 78.2 Å². The predicted octanol–water partition coefficient (Wildman–Crippen LogP) is 7.18. The summed E-state index contributed by atoms with van der Waals surface area (Å²) < 4.78 is 7.37. The quantitative estimate of drug-likeness (QED) is 0.440. The summed E-state index contributed by atoms with van der Waals surface area (Å²) in [5.41, 5.74) is 1.56. The summed E-state index contributed by atoms with van der Waals surface area (Å²) in [6.07, 6.45) is 13.6. The number of ketones is 1. The molecule has 0 N–H and O–H groups in total. The zero-order valence-electron chi connectivity index (χ0n) is 21.6. The highest BCUT2D eigenvalue weighted by Gasteiger charge is 2.61. The van der Waals surface area contributed by atoms with Crippen molar-refractivity contribution in [3.05, 3.63) is 29.4 Å². The Balaban J connectivity index is 1.18. The minimum Gasteiger partial charge on any atom is -0.384 e. The van der Waals surface area contributed by atoms with E-state index in [1.165, 1.54) is 51.4 Å². The highest BCUT2D eigenvalue weighted by atomic mass is 35.5. The fraction of sp³-hybridized carbons (Fsp3) is 0.733. The molecule has 1 aromatic carbocycles. The SMILES string of the molecule is COCC1CCC2(C)C(CCC3C2CCC2(C)C(C(=O)Cn4cc5cc(Cl)ccc5n4)CCC32)C1. The molecular weight excluding hydrogens is 456 g/mol. The van der Waals surface area contributed by atoms with Gasteiger partial charge in [0.1, 0.15) is 0 Å². The van der Waals surface area contributed by atoms with Gasteiger partial charge in [-0.25, -0.2) is 0 Å². The van der Waals surface area contributed by atoms with Crippen LogP contribution in [-0.4, -0.2) is 29.3 Å². The van der Waals surface area contributed by atoms with E-state index in [9.17, 15) is 4.79 Å². The van der Waals surface area contributed by atoms with Gasteiger partial charge in [0.2, 0.25) is 0 Å². The van der Waals surface area contributed by atoms with E-state index in [0.29, 0.717) is 28.7 Å². The smallest absolute Gasteiger partial charge is 0.157 e. The number of halogens is 1.